The summed E-state index contributed by atoms with van der Waals surface area (Å²) in [5.41, 5.74) is 2.16. The lowest BCUT2D eigenvalue weighted by atomic mass is 9.99. The summed E-state index contributed by atoms with van der Waals surface area (Å²) in [4.78, 5) is 16.2. The van der Waals surface area contributed by atoms with Crippen LogP contribution in [0.25, 0.3) is 10.2 Å². The standard InChI is InChI=1S/C13H15N3OS/c1-8-2-3-10-11(4-8)18-13(15-10)16-12(17)5-9-6-14-7-9/h2-4,9,14H,5-7H2,1H3,(H,15,16,17). The maximum absolute atomic E-state index is 11.8. The molecule has 2 N–H and O–H groups in total. The zero-order valence-electron chi connectivity index (χ0n) is 10.2. The van der Waals surface area contributed by atoms with Crippen molar-refractivity contribution in [2.75, 3.05) is 18.4 Å². The van der Waals surface area contributed by atoms with Crippen LogP contribution in [0, 0.1) is 12.8 Å². The van der Waals surface area contributed by atoms with E-state index >= 15 is 0 Å². The van der Waals surface area contributed by atoms with Crippen molar-refractivity contribution in [2.24, 2.45) is 5.92 Å². The zero-order chi connectivity index (χ0) is 12.5. The number of nitrogens with zero attached hydrogens (tertiary/aromatic N) is 1. The summed E-state index contributed by atoms with van der Waals surface area (Å²) in [6, 6.07) is 6.12. The molecule has 5 heteroatoms. The molecule has 1 amide bonds. The lowest BCUT2D eigenvalue weighted by molar-refractivity contribution is -0.117. The molecule has 1 aliphatic rings. The van der Waals surface area contributed by atoms with Gasteiger partial charge < -0.3 is 10.6 Å². The fourth-order valence-corrected chi connectivity index (χ4v) is 2.99. The van der Waals surface area contributed by atoms with E-state index in [2.05, 4.69) is 28.6 Å². The molecule has 4 nitrogen and oxygen atoms in total. The first-order valence-electron chi connectivity index (χ1n) is 6.08. The predicted molar refractivity (Wildman–Crippen MR) is 74.0 cm³/mol. The van der Waals surface area contributed by atoms with Gasteiger partial charge in [0, 0.05) is 6.42 Å². The van der Waals surface area contributed by atoms with Crippen LogP contribution in [0.4, 0.5) is 5.13 Å². The van der Waals surface area contributed by atoms with Gasteiger partial charge in [-0.05, 0) is 43.6 Å². The van der Waals surface area contributed by atoms with Gasteiger partial charge in [0.25, 0.3) is 0 Å². The van der Waals surface area contributed by atoms with Gasteiger partial charge in [-0.2, -0.15) is 0 Å². The maximum Gasteiger partial charge on any atom is 0.226 e. The molecule has 2 aromatic rings. The number of hydrogen-bond donors (Lipinski definition) is 2. The number of anilines is 1. The number of carbonyl (C=O) groups is 1. The van der Waals surface area contributed by atoms with Crippen molar-refractivity contribution in [1.29, 1.82) is 0 Å². The Morgan fingerprint density at radius 3 is 3.11 bits per heavy atom. The molecule has 0 bridgehead atoms. The zero-order valence-corrected chi connectivity index (χ0v) is 11.0. The molecular formula is C13H15N3OS. The molecule has 3 rings (SSSR count). The monoisotopic (exact) mass is 261 g/mol. The second kappa shape index (κ2) is 4.66. The van der Waals surface area contributed by atoms with Crippen molar-refractivity contribution >= 4 is 32.6 Å². The summed E-state index contributed by atoms with van der Waals surface area (Å²) >= 11 is 1.53. The fraction of sp³-hybridized carbons (Fsp3) is 0.385. The van der Waals surface area contributed by atoms with E-state index in [0.29, 0.717) is 17.5 Å². The van der Waals surface area contributed by atoms with Crippen molar-refractivity contribution in [2.45, 2.75) is 13.3 Å². The number of aromatic nitrogens is 1. The number of aryl methyl sites for hydroxylation is 1. The molecule has 0 aliphatic carbocycles. The highest BCUT2D eigenvalue weighted by Gasteiger charge is 2.20. The molecule has 1 saturated heterocycles. The lowest BCUT2D eigenvalue weighted by Crippen LogP contribution is -2.43. The van der Waals surface area contributed by atoms with Crippen LogP contribution >= 0.6 is 11.3 Å². The average molecular weight is 261 g/mol. The first-order chi connectivity index (χ1) is 8.70. The topological polar surface area (TPSA) is 54.0 Å². The third-order valence-corrected chi connectivity index (χ3v) is 4.06. The van der Waals surface area contributed by atoms with E-state index in [4.69, 9.17) is 0 Å². The smallest absolute Gasteiger partial charge is 0.226 e. The molecule has 1 fully saturated rings. The first kappa shape index (κ1) is 11.6. The SMILES string of the molecule is Cc1ccc2nc(NC(=O)CC3CNC3)sc2c1. The maximum atomic E-state index is 11.8. The molecule has 1 aromatic carbocycles. The second-order valence-electron chi connectivity index (χ2n) is 4.77. The van der Waals surface area contributed by atoms with Crippen LogP contribution in [0.15, 0.2) is 18.2 Å². The van der Waals surface area contributed by atoms with Crippen LogP contribution in [0.3, 0.4) is 0 Å². The van der Waals surface area contributed by atoms with Crippen LogP contribution in [0.2, 0.25) is 0 Å². The third kappa shape index (κ3) is 2.37. The van der Waals surface area contributed by atoms with Gasteiger partial charge in [0.2, 0.25) is 5.91 Å². The molecular weight excluding hydrogens is 246 g/mol. The van der Waals surface area contributed by atoms with Gasteiger partial charge in [-0.15, -0.1) is 0 Å². The molecule has 1 aromatic heterocycles. The molecule has 94 valence electrons. The van der Waals surface area contributed by atoms with Crippen molar-refractivity contribution in [3.63, 3.8) is 0 Å². The molecule has 0 atom stereocenters. The van der Waals surface area contributed by atoms with Crippen molar-refractivity contribution in [3.8, 4) is 0 Å². The Morgan fingerprint density at radius 1 is 1.56 bits per heavy atom. The van der Waals surface area contributed by atoms with Gasteiger partial charge in [0.15, 0.2) is 5.13 Å². The highest BCUT2D eigenvalue weighted by Crippen LogP contribution is 2.26. The summed E-state index contributed by atoms with van der Waals surface area (Å²) in [5.74, 6) is 0.555. The van der Waals surface area contributed by atoms with Gasteiger partial charge >= 0.3 is 0 Å². The molecule has 1 aliphatic heterocycles. The second-order valence-corrected chi connectivity index (χ2v) is 5.80. The average Bonchev–Trinajstić information content (AvgIpc) is 2.65. The summed E-state index contributed by atoms with van der Waals surface area (Å²) in [5, 5.41) is 6.76. The summed E-state index contributed by atoms with van der Waals surface area (Å²) in [7, 11) is 0. The van der Waals surface area contributed by atoms with Crippen LogP contribution in [-0.2, 0) is 4.79 Å². The number of thiazole rings is 1. The largest absolute Gasteiger partial charge is 0.316 e. The van der Waals surface area contributed by atoms with Crippen LogP contribution in [-0.4, -0.2) is 24.0 Å². The number of nitrogens with one attached hydrogen (secondary N) is 2. The van der Waals surface area contributed by atoms with Gasteiger partial charge in [-0.3, -0.25) is 4.79 Å². The number of rotatable bonds is 3. The number of benzene rings is 1. The van der Waals surface area contributed by atoms with Gasteiger partial charge in [-0.1, -0.05) is 17.4 Å². The molecule has 2 heterocycles. The van der Waals surface area contributed by atoms with E-state index in [-0.39, 0.29) is 5.91 Å². The van der Waals surface area contributed by atoms with E-state index in [1.165, 1.54) is 16.9 Å². The highest BCUT2D eigenvalue weighted by molar-refractivity contribution is 7.22. The Bertz CT molecular complexity index is 589. The minimum Gasteiger partial charge on any atom is -0.316 e. The van der Waals surface area contributed by atoms with Crippen molar-refractivity contribution < 1.29 is 4.79 Å². The quantitative estimate of drug-likeness (QED) is 0.890. The summed E-state index contributed by atoms with van der Waals surface area (Å²) in [6.07, 6.45) is 0.585. The Hall–Kier alpha value is -1.46. The highest BCUT2D eigenvalue weighted by atomic mass is 32.1. The number of fused-ring (bicyclic) bond motifs is 1. The Balaban J connectivity index is 1.71. The van der Waals surface area contributed by atoms with Gasteiger partial charge in [0.1, 0.15) is 0 Å². The minimum absolute atomic E-state index is 0.0669. The van der Waals surface area contributed by atoms with Crippen LogP contribution < -0.4 is 10.6 Å². The molecule has 0 radical (unpaired) electrons. The van der Waals surface area contributed by atoms with Crippen molar-refractivity contribution in [3.05, 3.63) is 23.8 Å². The van der Waals surface area contributed by atoms with Gasteiger partial charge in [-0.25, -0.2) is 4.98 Å². The normalized spacial score (nSPS) is 15.6. The van der Waals surface area contributed by atoms with E-state index in [1.807, 2.05) is 12.1 Å². The van der Waals surface area contributed by atoms with Crippen LogP contribution in [0.5, 0.6) is 0 Å². The molecule has 0 spiro atoms. The van der Waals surface area contributed by atoms with E-state index in [1.54, 1.807) is 0 Å². The first-order valence-corrected chi connectivity index (χ1v) is 6.90. The van der Waals surface area contributed by atoms with Crippen LogP contribution in [0.1, 0.15) is 12.0 Å². The Kier molecular flexibility index (Phi) is 3.01. The Labute approximate surface area is 109 Å². The summed E-state index contributed by atoms with van der Waals surface area (Å²) in [6.45, 7) is 3.96. The molecule has 0 saturated carbocycles. The van der Waals surface area contributed by atoms with Gasteiger partial charge in [0.05, 0.1) is 10.2 Å². The van der Waals surface area contributed by atoms with E-state index < -0.39 is 0 Å². The fourth-order valence-electron chi connectivity index (χ4n) is 2.01. The number of amides is 1. The Morgan fingerprint density at radius 2 is 2.39 bits per heavy atom. The third-order valence-electron chi connectivity index (χ3n) is 3.13. The molecule has 18 heavy (non-hydrogen) atoms. The predicted octanol–water partition coefficient (Wildman–Crippen LogP) is 2.15. The summed E-state index contributed by atoms with van der Waals surface area (Å²) < 4.78 is 1.12. The lowest BCUT2D eigenvalue weighted by Gasteiger charge is -2.25. The minimum atomic E-state index is 0.0669. The number of carbonyl (C=O) groups excluding carboxylic acids is 1. The number of hydrogen-bond acceptors (Lipinski definition) is 4. The van der Waals surface area contributed by atoms with Crippen molar-refractivity contribution in [1.82, 2.24) is 10.3 Å². The molecule has 0 unspecified atom stereocenters. The van der Waals surface area contributed by atoms with E-state index in [9.17, 15) is 4.79 Å². The van der Waals surface area contributed by atoms with E-state index in [0.717, 1.165) is 23.3 Å².